The first-order valence-corrected chi connectivity index (χ1v) is 10.1. The minimum atomic E-state index is 0.389. The standard InChI is InChI=1S/C19H23Cl2N5S/c1-12-7-13(2)11-26(10-12)17-8-16(21)23-18(24-17)25-19(27)22-9-14-5-3-4-6-15(14)20/h3-6,8,12-13H,7,9-11H2,1-2H3,(H2,22,23,24,25,27). The Morgan fingerprint density at radius 1 is 1.19 bits per heavy atom. The molecule has 2 unspecified atom stereocenters. The third-order valence-corrected chi connectivity index (χ3v) is 5.31. The molecule has 144 valence electrons. The number of nitrogens with zero attached hydrogens (tertiary/aromatic N) is 3. The van der Waals surface area contributed by atoms with Gasteiger partial charge < -0.3 is 15.5 Å². The minimum absolute atomic E-state index is 0.389. The molecule has 2 atom stereocenters. The zero-order chi connectivity index (χ0) is 19.4. The van der Waals surface area contributed by atoms with E-state index in [0.29, 0.717) is 39.6 Å². The summed E-state index contributed by atoms with van der Waals surface area (Å²) in [6, 6.07) is 9.43. The van der Waals surface area contributed by atoms with Gasteiger partial charge in [-0.05, 0) is 42.1 Å². The van der Waals surface area contributed by atoms with Gasteiger partial charge in [0, 0.05) is 30.7 Å². The van der Waals surface area contributed by atoms with E-state index in [1.165, 1.54) is 6.42 Å². The fourth-order valence-electron chi connectivity index (χ4n) is 3.44. The van der Waals surface area contributed by atoms with Crippen molar-refractivity contribution in [3.8, 4) is 0 Å². The summed E-state index contributed by atoms with van der Waals surface area (Å²) < 4.78 is 0. The fraction of sp³-hybridized carbons (Fsp3) is 0.421. The maximum atomic E-state index is 6.22. The Bertz CT molecular complexity index is 806. The number of benzene rings is 1. The molecule has 0 aliphatic carbocycles. The molecule has 1 aromatic heterocycles. The SMILES string of the molecule is CC1CC(C)CN(c2cc(Cl)nc(NC(=S)NCc3ccccc3Cl)n2)C1. The smallest absolute Gasteiger partial charge is 0.232 e. The molecule has 2 aromatic rings. The molecule has 1 saturated heterocycles. The lowest BCUT2D eigenvalue weighted by Crippen LogP contribution is -2.39. The summed E-state index contributed by atoms with van der Waals surface area (Å²) in [5.74, 6) is 2.46. The van der Waals surface area contributed by atoms with Crippen LogP contribution in [-0.4, -0.2) is 28.2 Å². The molecule has 0 saturated carbocycles. The van der Waals surface area contributed by atoms with Crippen LogP contribution in [0.25, 0.3) is 0 Å². The van der Waals surface area contributed by atoms with Crippen molar-refractivity contribution >= 4 is 52.3 Å². The molecule has 0 radical (unpaired) electrons. The van der Waals surface area contributed by atoms with E-state index in [-0.39, 0.29) is 0 Å². The number of hydrogen-bond acceptors (Lipinski definition) is 4. The Kier molecular flexibility index (Phi) is 6.73. The lowest BCUT2D eigenvalue weighted by molar-refractivity contribution is 0.355. The van der Waals surface area contributed by atoms with Crippen molar-refractivity contribution in [2.24, 2.45) is 11.8 Å². The maximum Gasteiger partial charge on any atom is 0.232 e. The highest BCUT2D eigenvalue weighted by molar-refractivity contribution is 7.80. The van der Waals surface area contributed by atoms with Gasteiger partial charge in [-0.1, -0.05) is 55.2 Å². The molecule has 27 heavy (non-hydrogen) atoms. The monoisotopic (exact) mass is 423 g/mol. The second kappa shape index (κ2) is 9.04. The van der Waals surface area contributed by atoms with Crippen molar-refractivity contribution in [3.63, 3.8) is 0 Å². The Hall–Kier alpha value is -1.63. The average molecular weight is 424 g/mol. The van der Waals surface area contributed by atoms with Crippen LogP contribution in [0.1, 0.15) is 25.8 Å². The van der Waals surface area contributed by atoms with Gasteiger partial charge in [-0.2, -0.15) is 4.98 Å². The van der Waals surface area contributed by atoms with Crippen molar-refractivity contribution < 1.29 is 0 Å². The second-order valence-electron chi connectivity index (χ2n) is 7.12. The van der Waals surface area contributed by atoms with Crippen molar-refractivity contribution in [1.82, 2.24) is 15.3 Å². The zero-order valence-electron chi connectivity index (χ0n) is 15.4. The van der Waals surface area contributed by atoms with Crippen LogP contribution in [0, 0.1) is 11.8 Å². The van der Waals surface area contributed by atoms with Crippen molar-refractivity contribution in [2.75, 3.05) is 23.3 Å². The first-order chi connectivity index (χ1) is 12.9. The summed E-state index contributed by atoms with van der Waals surface area (Å²) in [6.07, 6.45) is 1.23. The first kappa shape index (κ1) is 20.1. The average Bonchev–Trinajstić information content (AvgIpc) is 2.59. The molecule has 3 rings (SSSR count). The molecule has 1 fully saturated rings. The lowest BCUT2D eigenvalue weighted by Gasteiger charge is -2.35. The number of thiocarbonyl (C=S) groups is 1. The van der Waals surface area contributed by atoms with E-state index in [4.69, 9.17) is 35.4 Å². The summed E-state index contributed by atoms with van der Waals surface area (Å²) in [5, 5.41) is 7.65. The summed E-state index contributed by atoms with van der Waals surface area (Å²) in [6.45, 7) is 6.97. The molecule has 1 aromatic carbocycles. The Morgan fingerprint density at radius 3 is 2.59 bits per heavy atom. The van der Waals surface area contributed by atoms with Crippen LogP contribution in [0.15, 0.2) is 30.3 Å². The van der Waals surface area contributed by atoms with Crippen LogP contribution in [0.3, 0.4) is 0 Å². The van der Waals surface area contributed by atoms with Crippen LogP contribution in [0.4, 0.5) is 11.8 Å². The largest absolute Gasteiger partial charge is 0.358 e. The van der Waals surface area contributed by atoms with Gasteiger partial charge in [0.2, 0.25) is 5.95 Å². The van der Waals surface area contributed by atoms with Gasteiger partial charge in [0.25, 0.3) is 0 Å². The van der Waals surface area contributed by atoms with E-state index in [1.807, 2.05) is 24.3 Å². The predicted molar refractivity (Wildman–Crippen MR) is 117 cm³/mol. The van der Waals surface area contributed by atoms with Crippen LogP contribution in [0.2, 0.25) is 10.2 Å². The zero-order valence-corrected chi connectivity index (χ0v) is 17.7. The molecule has 2 N–H and O–H groups in total. The van der Waals surface area contributed by atoms with Gasteiger partial charge in [-0.25, -0.2) is 4.98 Å². The van der Waals surface area contributed by atoms with E-state index in [9.17, 15) is 0 Å². The van der Waals surface area contributed by atoms with Crippen LogP contribution in [0.5, 0.6) is 0 Å². The number of aromatic nitrogens is 2. The predicted octanol–water partition coefficient (Wildman–Crippen LogP) is 4.75. The fourth-order valence-corrected chi connectivity index (χ4v) is 3.98. The molecule has 0 bridgehead atoms. The number of nitrogens with one attached hydrogen (secondary N) is 2. The molecule has 8 heteroatoms. The lowest BCUT2D eigenvalue weighted by atomic mass is 9.92. The highest BCUT2D eigenvalue weighted by Crippen LogP contribution is 2.27. The third kappa shape index (κ3) is 5.67. The highest BCUT2D eigenvalue weighted by Gasteiger charge is 2.23. The summed E-state index contributed by atoms with van der Waals surface area (Å²) >= 11 is 17.7. The molecule has 1 aliphatic heterocycles. The molecule has 0 amide bonds. The van der Waals surface area contributed by atoms with Gasteiger partial charge in [-0.3, -0.25) is 0 Å². The summed E-state index contributed by atoms with van der Waals surface area (Å²) in [7, 11) is 0. The molecule has 2 heterocycles. The summed E-state index contributed by atoms with van der Waals surface area (Å²) in [4.78, 5) is 11.1. The van der Waals surface area contributed by atoms with Crippen LogP contribution < -0.4 is 15.5 Å². The van der Waals surface area contributed by atoms with E-state index in [0.717, 1.165) is 24.5 Å². The molecule has 0 spiro atoms. The van der Waals surface area contributed by atoms with Crippen molar-refractivity contribution in [3.05, 3.63) is 46.1 Å². The van der Waals surface area contributed by atoms with E-state index < -0.39 is 0 Å². The van der Waals surface area contributed by atoms with Gasteiger partial charge in [0.1, 0.15) is 11.0 Å². The van der Waals surface area contributed by atoms with Crippen molar-refractivity contribution in [1.29, 1.82) is 0 Å². The quantitative estimate of drug-likeness (QED) is 0.546. The molecule has 5 nitrogen and oxygen atoms in total. The molecular weight excluding hydrogens is 401 g/mol. The Morgan fingerprint density at radius 2 is 1.89 bits per heavy atom. The Balaban J connectivity index is 1.65. The number of halogens is 2. The van der Waals surface area contributed by atoms with E-state index in [1.54, 1.807) is 6.07 Å². The van der Waals surface area contributed by atoms with Gasteiger partial charge >= 0.3 is 0 Å². The minimum Gasteiger partial charge on any atom is -0.358 e. The number of piperidine rings is 1. The van der Waals surface area contributed by atoms with Gasteiger partial charge in [0.15, 0.2) is 5.11 Å². The van der Waals surface area contributed by atoms with Crippen LogP contribution >= 0.6 is 35.4 Å². The van der Waals surface area contributed by atoms with E-state index in [2.05, 4.69) is 39.3 Å². The molecular formula is C19H23Cl2N5S. The van der Waals surface area contributed by atoms with Crippen LogP contribution in [-0.2, 0) is 6.54 Å². The normalized spacial score (nSPS) is 19.6. The van der Waals surface area contributed by atoms with E-state index >= 15 is 0 Å². The third-order valence-electron chi connectivity index (χ3n) is 4.50. The number of hydrogen-bond donors (Lipinski definition) is 2. The Labute approximate surface area is 175 Å². The van der Waals surface area contributed by atoms with Gasteiger partial charge in [-0.15, -0.1) is 0 Å². The highest BCUT2D eigenvalue weighted by atomic mass is 35.5. The number of anilines is 2. The second-order valence-corrected chi connectivity index (χ2v) is 8.33. The number of rotatable bonds is 4. The summed E-state index contributed by atoms with van der Waals surface area (Å²) in [5.41, 5.74) is 0.965. The maximum absolute atomic E-state index is 6.22. The van der Waals surface area contributed by atoms with Crippen molar-refractivity contribution in [2.45, 2.75) is 26.8 Å². The first-order valence-electron chi connectivity index (χ1n) is 8.98. The topological polar surface area (TPSA) is 53.1 Å². The molecule has 1 aliphatic rings. The van der Waals surface area contributed by atoms with Gasteiger partial charge in [0.05, 0.1) is 0 Å².